The molecule has 0 radical (unpaired) electrons. The number of benzene rings is 1. The van der Waals surface area contributed by atoms with Gasteiger partial charge < -0.3 is 14.2 Å². The van der Waals surface area contributed by atoms with Gasteiger partial charge in [0.05, 0.1) is 12.2 Å². The number of halogens is 1. The molecule has 0 spiro atoms. The maximum absolute atomic E-state index is 14.7. The molecule has 2 aliphatic carbocycles. The van der Waals surface area contributed by atoms with Crippen molar-refractivity contribution in [3.8, 4) is 0 Å². The van der Waals surface area contributed by atoms with E-state index in [0.717, 1.165) is 38.5 Å². The van der Waals surface area contributed by atoms with Crippen molar-refractivity contribution in [1.29, 1.82) is 0 Å². The fourth-order valence-corrected chi connectivity index (χ4v) is 7.91. The quantitative estimate of drug-likeness (QED) is 0.382. The Morgan fingerprint density at radius 3 is 1.76 bits per heavy atom. The van der Waals surface area contributed by atoms with E-state index in [4.69, 9.17) is 9.05 Å². The van der Waals surface area contributed by atoms with E-state index in [2.05, 4.69) is 41.5 Å². The fourth-order valence-electron chi connectivity index (χ4n) is 5.84. The molecule has 0 aromatic heterocycles. The molecule has 1 N–H and O–H groups in total. The van der Waals surface area contributed by atoms with E-state index >= 15 is 0 Å². The summed E-state index contributed by atoms with van der Waals surface area (Å²) in [6.45, 7) is 13.0. The van der Waals surface area contributed by atoms with Crippen molar-refractivity contribution in [2.24, 2.45) is 35.5 Å². The third-order valence-electron chi connectivity index (χ3n) is 7.97. The predicted octanol–water partition coefficient (Wildman–Crippen LogP) is 7.96. The van der Waals surface area contributed by atoms with Gasteiger partial charge in [0, 0.05) is 5.56 Å². The van der Waals surface area contributed by atoms with Gasteiger partial charge in [-0.3, -0.25) is 4.57 Å². The molecule has 1 aromatic rings. The van der Waals surface area contributed by atoms with E-state index in [1.54, 1.807) is 12.1 Å². The molecule has 0 aliphatic heterocycles. The monoisotopic (exact) mass is 482 g/mol. The molecule has 2 saturated carbocycles. The van der Waals surface area contributed by atoms with Gasteiger partial charge in [0.2, 0.25) is 0 Å². The van der Waals surface area contributed by atoms with Crippen molar-refractivity contribution in [2.75, 3.05) is 0 Å². The first-order chi connectivity index (χ1) is 15.5. The zero-order valence-electron chi connectivity index (χ0n) is 21.2. The molecule has 1 aromatic carbocycles. The molecule has 0 bridgehead atoms. The highest BCUT2D eigenvalue weighted by Crippen LogP contribution is 2.64. The van der Waals surface area contributed by atoms with Crippen LogP contribution in [0.4, 0.5) is 4.39 Å². The minimum atomic E-state index is -4.09. The third kappa shape index (κ3) is 6.48. The molecular weight excluding hydrogens is 438 g/mol. The molecule has 2 aliphatic rings. The zero-order chi connectivity index (χ0) is 24.3. The Morgan fingerprint density at radius 1 is 0.879 bits per heavy atom. The lowest BCUT2D eigenvalue weighted by molar-refractivity contribution is -0.0156. The first kappa shape index (κ1) is 26.9. The molecule has 4 nitrogen and oxygen atoms in total. The predicted molar refractivity (Wildman–Crippen MR) is 131 cm³/mol. The van der Waals surface area contributed by atoms with Crippen LogP contribution in [0.25, 0.3) is 0 Å². The second kappa shape index (κ2) is 11.3. The Balaban J connectivity index is 1.96. The van der Waals surface area contributed by atoms with Crippen LogP contribution in [0.5, 0.6) is 0 Å². The summed E-state index contributed by atoms with van der Waals surface area (Å²) < 4.78 is 41.9. The number of hydrogen-bond donors (Lipinski definition) is 1. The first-order valence-corrected chi connectivity index (χ1v) is 14.5. The van der Waals surface area contributed by atoms with E-state index in [0.29, 0.717) is 23.7 Å². The Bertz CT molecular complexity index is 775. The number of rotatable bonds is 8. The minimum Gasteiger partial charge on any atom is -0.376 e. The highest BCUT2D eigenvalue weighted by molar-refractivity contribution is 7.54. The highest BCUT2D eigenvalue weighted by atomic mass is 31.2. The molecule has 1 unspecified atom stereocenters. The molecule has 0 saturated heterocycles. The summed E-state index contributed by atoms with van der Waals surface area (Å²) in [4.78, 5) is 0. The van der Waals surface area contributed by atoms with E-state index in [1.807, 2.05) is 0 Å². The van der Waals surface area contributed by atoms with Crippen LogP contribution in [-0.4, -0.2) is 17.3 Å². The topological polar surface area (TPSA) is 55.8 Å². The van der Waals surface area contributed by atoms with Crippen molar-refractivity contribution in [3.63, 3.8) is 0 Å². The van der Waals surface area contributed by atoms with Gasteiger partial charge in [-0.2, -0.15) is 0 Å². The summed E-state index contributed by atoms with van der Waals surface area (Å²) in [5.74, 6) is -0.154. The summed E-state index contributed by atoms with van der Waals surface area (Å²) >= 11 is 0. The van der Waals surface area contributed by atoms with Gasteiger partial charge in [0.25, 0.3) is 0 Å². The van der Waals surface area contributed by atoms with E-state index in [-0.39, 0.29) is 29.6 Å². The summed E-state index contributed by atoms with van der Waals surface area (Å²) in [7, 11) is -4.09. The highest BCUT2D eigenvalue weighted by Gasteiger charge is 2.47. The lowest BCUT2D eigenvalue weighted by Gasteiger charge is -2.42. The van der Waals surface area contributed by atoms with Crippen LogP contribution in [0.2, 0.25) is 0 Å². The second-order valence-corrected chi connectivity index (χ2v) is 13.4. The molecule has 33 heavy (non-hydrogen) atoms. The lowest BCUT2D eigenvalue weighted by atomic mass is 9.75. The van der Waals surface area contributed by atoms with Crippen molar-refractivity contribution in [2.45, 2.75) is 98.1 Å². The summed E-state index contributed by atoms with van der Waals surface area (Å²) in [5, 5.41) is 11.3. The van der Waals surface area contributed by atoms with E-state index < -0.39 is 19.3 Å². The summed E-state index contributed by atoms with van der Waals surface area (Å²) in [6.07, 6.45) is 5.20. The normalized spacial score (nSPS) is 33.8. The average molecular weight is 483 g/mol. The molecule has 0 amide bonds. The zero-order valence-corrected chi connectivity index (χ0v) is 22.1. The van der Waals surface area contributed by atoms with Crippen molar-refractivity contribution >= 4 is 7.60 Å². The van der Waals surface area contributed by atoms with Crippen LogP contribution >= 0.6 is 7.60 Å². The smallest absolute Gasteiger partial charge is 0.364 e. The van der Waals surface area contributed by atoms with Crippen LogP contribution < -0.4 is 0 Å². The Kier molecular flexibility index (Phi) is 9.22. The van der Waals surface area contributed by atoms with Gasteiger partial charge >= 0.3 is 7.60 Å². The van der Waals surface area contributed by atoms with Crippen molar-refractivity contribution < 1.29 is 23.1 Å². The van der Waals surface area contributed by atoms with Gasteiger partial charge in [0.1, 0.15) is 5.82 Å². The number of hydrogen-bond acceptors (Lipinski definition) is 4. The van der Waals surface area contributed by atoms with Gasteiger partial charge in [-0.25, -0.2) is 4.39 Å². The average Bonchev–Trinajstić information content (AvgIpc) is 2.73. The van der Waals surface area contributed by atoms with Crippen LogP contribution in [0.3, 0.4) is 0 Å². The molecular formula is C27H44FO4P. The van der Waals surface area contributed by atoms with Crippen molar-refractivity contribution in [3.05, 3.63) is 35.6 Å². The molecule has 188 valence electrons. The van der Waals surface area contributed by atoms with Gasteiger partial charge in [-0.1, -0.05) is 72.6 Å². The van der Waals surface area contributed by atoms with E-state index in [9.17, 15) is 14.1 Å². The molecule has 2 fully saturated rings. The van der Waals surface area contributed by atoms with Crippen LogP contribution in [0.15, 0.2) is 24.3 Å². The third-order valence-corrected chi connectivity index (χ3v) is 9.98. The van der Waals surface area contributed by atoms with Crippen LogP contribution in [0.1, 0.15) is 91.5 Å². The van der Waals surface area contributed by atoms with E-state index in [1.165, 1.54) is 12.1 Å². The fraction of sp³-hybridized carbons (Fsp3) is 0.778. The number of aliphatic hydroxyl groups excluding tert-OH is 1. The lowest BCUT2D eigenvalue weighted by Crippen LogP contribution is -2.37. The Morgan fingerprint density at radius 2 is 1.33 bits per heavy atom. The minimum absolute atomic E-state index is 0.0178. The van der Waals surface area contributed by atoms with Gasteiger partial charge in [0.15, 0.2) is 5.85 Å². The van der Waals surface area contributed by atoms with Gasteiger partial charge in [-0.15, -0.1) is 0 Å². The molecule has 6 heteroatoms. The van der Waals surface area contributed by atoms with Crippen molar-refractivity contribution in [1.82, 2.24) is 0 Å². The second-order valence-electron chi connectivity index (χ2n) is 11.4. The summed E-state index contributed by atoms with van der Waals surface area (Å²) in [6, 6.07) is 5.97. The molecule has 8 atom stereocenters. The standard InChI is InChI=1S/C27H44FO4P/c1-17(2)21-13-11-19(5)15-25(21)31-33(30,27(29)23-9-7-8-10-24(23)28)32-26-16-20(6)12-14-22(26)18(3)4/h7-10,17-22,25-27,29H,11-16H2,1-6H3/t19-,20-,21-,22+,25-,26-,27+,33?/m1/s1. The Hall–Kier alpha value is -0.740. The molecule has 0 heterocycles. The van der Waals surface area contributed by atoms with Crippen LogP contribution in [0, 0.1) is 41.3 Å². The maximum atomic E-state index is 14.7. The SMILES string of the molecule is CC(C)[C@H]1CC[C@@H](C)C[C@H]1OP(=O)(O[C@@H]1C[C@H](C)CC[C@H]1C(C)C)[C@H](O)c1ccccc1F. The summed E-state index contributed by atoms with van der Waals surface area (Å²) in [5.41, 5.74) is -0.0178. The first-order valence-electron chi connectivity index (χ1n) is 12.9. The number of aliphatic hydroxyl groups is 1. The maximum Gasteiger partial charge on any atom is 0.364 e. The van der Waals surface area contributed by atoms with Crippen LogP contribution in [-0.2, 0) is 13.6 Å². The van der Waals surface area contributed by atoms with Gasteiger partial charge in [-0.05, 0) is 67.3 Å². The Labute approximate surface area is 200 Å². The molecule has 3 rings (SSSR count). The largest absolute Gasteiger partial charge is 0.376 e.